The normalized spacial score (nSPS) is 14.5. The van der Waals surface area contributed by atoms with Crippen LogP contribution in [0.5, 0.6) is 0 Å². The average molecular weight is 555 g/mol. The Morgan fingerprint density at radius 1 is 1.13 bits per heavy atom. The van der Waals surface area contributed by atoms with Crippen molar-refractivity contribution in [1.82, 2.24) is 19.8 Å². The number of carbonyl (C=O) groups is 3. The summed E-state index contributed by atoms with van der Waals surface area (Å²) >= 11 is 6.08. The van der Waals surface area contributed by atoms with Crippen molar-refractivity contribution in [3.8, 4) is 0 Å². The standard InChI is InChI=1S/C28H35ClN6O4/c1-4-5-24(36)32-22-16-31-26-25(22)23(10-11-30-26)33-12-14-34(15-13-33)27(37)21(17-35(18(2)3)28(38)39)19-6-8-20(29)9-7-19/h6-11,16,18,21H,4-5,12-15,17H2,1-3H3,(H,30,31)(H,32,36)(H,38,39). The number of rotatable bonds is 9. The number of halogens is 1. The maximum absolute atomic E-state index is 13.8. The summed E-state index contributed by atoms with van der Waals surface area (Å²) in [5.41, 5.74) is 3.04. The van der Waals surface area contributed by atoms with Gasteiger partial charge < -0.3 is 30.1 Å². The van der Waals surface area contributed by atoms with Gasteiger partial charge in [-0.15, -0.1) is 0 Å². The lowest BCUT2D eigenvalue weighted by Crippen LogP contribution is -2.52. The van der Waals surface area contributed by atoms with Crippen molar-refractivity contribution in [3.05, 3.63) is 53.3 Å². The SMILES string of the molecule is CCCC(=O)Nc1c[nH]c2nccc(N3CCN(C(=O)C(CN(C(=O)O)C(C)C)c4ccc(Cl)cc4)CC3)c12. The van der Waals surface area contributed by atoms with Crippen LogP contribution >= 0.6 is 11.6 Å². The molecule has 4 rings (SSSR count). The Kier molecular flexibility index (Phi) is 8.96. The highest BCUT2D eigenvalue weighted by Gasteiger charge is 2.32. The molecule has 0 saturated carbocycles. The number of hydrogen-bond donors (Lipinski definition) is 3. The highest BCUT2D eigenvalue weighted by atomic mass is 35.5. The molecule has 1 aromatic carbocycles. The highest BCUT2D eigenvalue weighted by Crippen LogP contribution is 2.33. The van der Waals surface area contributed by atoms with E-state index in [1.165, 1.54) is 4.90 Å². The molecule has 3 heterocycles. The molecular weight excluding hydrogens is 520 g/mol. The number of H-pyrrole nitrogens is 1. The van der Waals surface area contributed by atoms with E-state index >= 15 is 0 Å². The molecule has 3 aromatic rings. The van der Waals surface area contributed by atoms with Crippen molar-refractivity contribution in [2.45, 2.75) is 45.6 Å². The molecule has 1 atom stereocenters. The lowest BCUT2D eigenvalue weighted by atomic mass is 9.96. The Hall–Kier alpha value is -3.79. The van der Waals surface area contributed by atoms with Gasteiger partial charge in [0.05, 0.1) is 22.7 Å². The van der Waals surface area contributed by atoms with Crippen molar-refractivity contribution < 1.29 is 19.5 Å². The molecule has 10 nitrogen and oxygen atoms in total. The number of amides is 3. The third-order valence-electron chi connectivity index (χ3n) is 7.05. The number of hydrogen-bond acceptors (Lipinski definition) is 5. The summed E-state index contributed by atoms with van der Waals surface area (Å²) < 4.78 is 0. The van der Waals surface area contributed by atoms with Gasteiger partial charge in [0.25, 0.3) is 0 Å². The fourth-order valence-corrected chi connectivity index (χ4v) is 5.08. The van der Waals surface area contributed by atoms with E-state index in [1.54, 1.807) is 55.4 Å². The number of fused-ring (bicyclic) bond motifs is 1. The predicted molar refractivity (Wildman–Crippen MR) is 152 cm³/mol. The highest BCUT2D eigenvalue weighted by molar-refractivity contribution is 6.30. The number of carbonyl (C=O) groups excluding carboxylic acids is 2. The Labute approximate surface area is 232 Å². The molecule has 1 fully saturated rings. The second-order valence-corrected chi connectivity index (χ2v) is 10.4. The van der Waals surface area contributed by atoms with E-state index in [2.05, 4.69) is 20.2 Å². The van der Waals surface area contributed by atoms with Crippen molar-refractivity contribution in [3.63, 3.8) is 0 Å². The molecule has 0 spiro atoms. The van der Waals surface area contributed by atoms with Gasteiger partial charge in [0.1, 0.15) is 5.65 Å². The molecule has 1 aliphatic heterocycles. The Balaban J connectivity index is 1.53. The second kappa shape index (κ2) is 12.4. The number of aromatic nitrogens is 2. The van der Waals surface area contributed by atoms with Crippen LogP contribution in [0.4, 0.5) is 16.2 Å². The summed E-state index contributed by atoms with van der Waals surface area (Å²) in [5, 5.41) is 14.1. The smallest absolute Gasteiger partial charge is 0.407 e. The van der Waals surface area contributed by atoms with Gasteiger partial charge in [-0.1, -0.05) is 30.7 Å². The third kappa shape index (κ3) is 6.44. The first-order valence-corrected chi connectivity index (χ1v) is 13.6. The minimum atomic E-state index is -1.06. The molecule has 3 N–H and O–H groups in total. The van der Waals surface area contributed by atoms with Gasteiger partial charge >= 0.3 is 6.09 Å². The first kappa shape index (κ1) is 28.2. The second-order valence-electron chi connectivity index (χ2n) is 10.00. The van der Waals surface area contributed by atoms with Crippen LogP contribution in [0.15, 0.2) is 42.7 Å². The lowest BCUT2D eigenvalue weighted by molar-refractivity contribution is -0.133. The van der Waals surface area contributed by atoms with Gasteiger partial charge in [0, 0.05) is 62.6 Å². The maximum atomic E-state index is 13.8. The van der Waals surface area contributed by atoms with Crippen LogP contribution in [-0.2, 0) is 9.59 Å². The molecule has 0 radical (unpaired) electrons. The summed E-state index contributed by atoms with van der Waals surface area (Å²) in [6.07, 6.45) is 3.62. The predicted octanol–water partition coefficient (Wildman–Crippen LogP) is 4.78. The van der Waals surface area contributed by atoms with Crippen molar-refractivity contribution in [1.29, 1.82) is 0 Å². The number of nitrogens with zero attached hydrogens (tertiary/aromatic N) is 4. The molecule has 39 heavy (non-hydrogen) atoms. The number of piperazine rings is 1. The van der Waals surface area contributed by atoms with Crippen molar-refractivity contribution >= 4 is 51.9 Å². The van der Waals surface area contributed by atoms with Crippen LogP contribution in [0.3, 0.4) is 0 Å². The Morgan fingerprint density at radius 2 is 1.82 bits per heavy atom. The Bertz CT molecular complexity index is 1320. The molecule has 3 amide bonds. The third-order valence-corrected chi connectivity index (χ3v) is 7.31. The number of aromatic amines is 1. The topological polar surface area (TPSA) is 122 Å². The van der Waals surface area contributed by atoms with E-state index in [4.69, 9.17) is 11.6 Å². The molecule has 0 aliphatic carbocycles. The quantitative estimate of drug-likeness (QED) is 0.350. The number of pyridine rings is 1. The minimum absolute atomic E-state index is 0.0475. The molecule has 1 aliphatic rings. The first-order valence-electron chi connectivity index (χ1n) is 13.2. The fraction of sp³-hybridized carbons (Fsp3) is 0.429. The maximum Gasteiger partial charge on any atom is 0.407 e. The van der Waals surface area contributed by atoms with Gasteiger partial charge in [-0.05, 0) is 44.0 Å². The molecule has 2 aromatic heterocycles. The molecule has 1 unspecified atom stereocenters. The fourth-order valence-electron chi connectivity index (χ4n) is 4.96. The van der Waals surface area contributed by atoms with Gasteiger partial charge in [-0.2, -0.15) is 0 Å². The zero-order valence-electron chi connectivity index (χ0n) is 22.5. The number of anilines is 2. The number of benzene rings is 1. The summed E-state index contributed by atoms with van der Waals surface area (Å²) in [7, 11) is 0. The van der Waals surface area contributed by atoms with Gasteiger partial charge in [0.15, 0.2) is 0 Å². The van der Waals surface area contributed by atoms with Crippen molar-refractivity contribution in [2.24, 2.45) is 0 Å². The van der Waals surface area contributed by atoms with E-state index in [-0.39, 0.29) is 24.4 Å². The van der Waals surface area contributed by atoms with E-state index in [9.17, 15) is 19.5 Å². The van der Waals surface area contributed by atoms with Crippen LogP contribution in [0.2, 0.25) is 5.02 Å². The number of carboxylic acid groups (broad SMARTS) is 1. The van der Waals surface area contributed by atoms with E-state index in [0.717, 1.165) is 23.1 Å². The zero-order valence-corrected chi connectivity index (χ0v) is 23.2. The van der Waals surface area contributed by atoms with E-state index in [1.807, 2.05) is 13.0 Å². The Morgan fingerprint density at radius 3 is 2.44 bits per heavy atom. The molecule has 208 valence electrons. The lowest BCUT2D eigenvalue weighted by Gasteiger charge is -2.38. The first-order chi connectivity index (χ1) is 18.7. The zero-order chi connectivity index (χ0) is 28.1. The largest absolute Gasteiger partial charge is 0.465 e. The summed E-state index contributed by atoms with van der Waals surface area (Å²) in [6.45, 7) is 7.73. The summed E-state index contributed by atoms with van der Waals surface area (Å²) in [4.78, 5) is 50.8. The van der Waals surface area contributed by atoms with Crippen LogP contribution in [-0.4, -0.2) is 81.5 Å². The van der Waals surface area contributed by atoms with Crippen LogP contribution in [0.25, 0.3) is 11.0 Å². The summed E-state index contributed by atoms with van der Waals surface area (Å²) in [5.74, 6) is -0.809. The van der Waals surface area contributed by atoms with Gasteiger partial charge in [-0.25, -0.2) is 9.78 Å². The average Bonchev–Trinajstić information content (AvgIpc) is 3.32. The molecule has 1 saturated heterocycles. The molecule has 11 heteroatoms. The molecule has 0 bridgehead atoms. The van der Waals surface area contributed by atoms with Crippen LogP contribution < -0.4 is 10.2 Å². The van der Waals surface area contributed by atoms with Gasteiger partial charge in [0.2, 0.25) is 11.8 Å². The van der Waals surface area contributed by atoms with E-state index < -0.39 is 12.0 Å². The number of nitrogens with one attached hydrogen (secondary N) is 2. The van der Waals surface area contributed by atoms with Crippen molar-refractivity contribution in [2.75, 3.05) is 42.9 Å². The minimum Gasteiger partial charge on any atom is -0.465 e. The molecular formula is C28H35ClN6O4. The van der Waals surface area contributed by atoms with Gasteiger partial charge in [-0.3, -0.25) is 9.59 Å². The van der Waals surface area contributed by atoms with Crippen LogP contribution in [0.1, 0.15) is 45.1 Å². The van der Waals surface area contributed by atoms with Crippen LogP contribution in [0, 0.1) is 0 Å². The van der Waals surface area contributed by atoms with E-state index in [0.29, 0.717) is 49.0 Å². The monoisotopic (exact) mass is 554 g/mol. The summed E-state index contributed by atoms with van der Waals surface area (Å²) in [6, 6.07) is 8.66.